The zero-order chi connectivity index (χ0) is 24.1. The van der Waals surface area contributed by atoms with Crippen molar-refractivity contribution < 1.29 is 28.8 Å². The SMILES string of the molecule is CCOC(=O)CCNC(N)=O.CN(C)C(=O)O/N=C(\N)c1ccc(N2CCCC2=O)cc1. The van der Waals surface area contributed by atoms with E-state index in [2.05, 4.69) is 20.0 Å². The topological polar surface area (TPSA) is 170 Å². The highest BCUT2D eigenvalue weighted by atomic mass is 16.7. The van der Waals surface area contributed by atoms with E-state index in [0.717, 1.165) is 18.7 Å². The number of amidine groups is 1. The molecule has 1 aliphatic rings. The number of nitrogens with one attached hydrogen (secondary N) is 1. The van der Waals surface area contributed by atoms with E-state index in [4.69, 9.17) is 11.5 Å². The number of ether oxygens (including phenoxy) is 1. The van der Waals surface area contributed by atoms with Crippen LogP contribution in [0.25, 0.3) is 0 Å². The molecule has 0 unspecified atom stereocenters. The molecule has 12 nitrogen and oxygen atoms in total. The minimum absolute atomic E-state index is 0.101. The molecule has 0 bridgehead atoms. The molecule has 0 aromatic heterocycles. The van der Waals surface area contributed by atoms with Crippen LogP contribution in [0.3, 0.4) is 0 Å². The van der Waals surface area contributed by atoms with E-state index >= 15 is 0 Å². The number of hydrogen-bond acceptors (Lipinski definition) is 7. The smallest absolute Gasteiger partial charge is 0.435 e. The van der Waals surface area contributed by atoms with Gasteiger partial charge in [-0.2, -0.15) is 0 Å². The quantitative estimate of drug-likeness (QED) is 0.181. The van der Waals surface area contributed by atoms with E-state index < -0.39 is 12.1 Å². The summed E-state index contributed by atoms with van der Waals surface area (Å²) in [5.41, 5.74) is 12.0. The zero-order valence-corrected chi connectivity index (χ0v) is 18.5. The second-order valence-electron chi connectivity index (χ2n) is 6.77. The number of primary amides is 1. The molecule has 0 aliphatic carbocycles. The Morgan fingerprint density at radius 3 is 2.34 bits per heavy atom. The van der Waals surface area contributed by atoms with E-state index in [1.807, 2.05) is 0 Å². The number of hydrogen-bond donors (Lipinski definition) is 3. The minimum atomic E-state index is -0.630. The van der Waals surface area contributed by atoms with Gasteiger partial charge in [-0.3, -0.25) is 14.4 Å². The first-order chi connectivity index (χ1) is 15.1. The van der Waals surface area contributed by atoms with Gasteiger partial charge in [0, 0.05) is 44.9 Å². The van der Waals surface area contributed by atoms with Gasteiger partial charge in [0.25, 0.3) is 0 Å². The van der Waals surface area contributed by atoms with Gasteiger partial charge in [0.2, 0.25) is 5.91 Å². The molecule has 0 radical (unpaired) electrons. The first-order valence-electron chi connectivity index (χ1n) is 9.97. The third-order valence-electron chi connectivity index (χ3n) is 4.07. The zero-order valence-electron chi connectivity index (χ0n) is 18.5. The largest absolute Gasteiger partial charge is 0.466 e. The van der Waals surface area contributed by atoms with Crippen molar-refractivity contribution in [3.05, 3.63) is 29.8 Å². The summed E-state index contributed by atoms with van der Waals surface area (Å²) in [5.74, 6) is -0.102. The number of nitrogens with two attached hydrogens (primary N) is 2. The van der Waals surface area contributed by atoms with Gasteiger partial charge in [-0.1, -0.05) is 5.16 Å². The molecule has 12 heteroatoms. The van der Waals surface area contributed by atoms with Gasteiger partial charge in [0.1, 0.15) is 0 Å². The molecular weight excluding hydrogens is 420 g/mol. The van der Waals surface area contributed by atoms with Crippen LogP contribution in [0.2, 0.25) is 0 Å². The Morgan fingerprint density at radius 2 is 1.84 bits per heavy atom. The van der Waals surface area contributed by atoms with E-state index in [9.17, 15) is 19.2 Å². The van der Waals surface area contributed by atoms with Gasteiger partial charge in [-0.25, -0.2) is 9.59 Å². The van der Waals surface area contributed by atoms with Crippen molar-refractivity contribution in [1.82, 2.24) is 10.2 Å². The number of amides is 4. The monoisotopic (exact) mass is 450 g/mol. The Labute approximate surface area is 186 Å². The van der Waals surface area contributed by atoms with Gasteiger partial charge >= 0.3 is 18.1 Å². The summed E-state index contributed by atoms with van der Waals surface area (Å²) in [6.07, 6.45) is 1.03. The molecule has 1 heterocycles. The third kappa shape index (κ3) is 9.32. The molecule has 176 valence electrons. The number of carbonyl (C=O) groups excluding carboxylic acids is 4. The minimum Gasteiger partial charge on any atom is -0.466 e. The predicted octanol–water partition coefficient (Wildman–Crippen LogP) is 0.740. The number of rotatable bonds is 7. The van der Waals surface area contributed by atoms with E-state index in [-0.39, 0.29) is 30.7 Å². The molecule has 0 saturated carbocycles. The molecule has 2 rings (SSSR count). The number of esters is 1. The maximum absolute atomic E-state index is 11.7. The predicted molar refractivity (Wildman–Crippen MR) is 118 cm³/mol. The molecular formula is C20H30N6O6. The Kier molecular flexibility index (Phi) is 11.0. The number of anilines is 1. The lowest BCUT2D eigenvalue weighted by molar-refractivity contribution is -0.142. The molecule has 0 spiro atoms. The summed E-state index contributed by atoms with van der Waals surface area (Å²) in [6.45, 7) is 3.05. The molecule has 1 aliphatic heterocycles. The van der Waals surface area contributed by atoms with Crippen LogP contribution in [0.5, 0.6) is 0 Å². The van der Waals surface area contributed by atoms with Crippen LogP contribution in [0.1, 0.15) is 31.7 Å². The molecule has 4 amide bonds. The second-order valence-corrected chi connectivity index (χ2v) is 6.77. The Morgan fingerprint density at radius 1 is 1.19 bits per heavy atom. The average Bonchev–Trinajstić information content (AvgIpc) is 3.18. The lowest BCUT2D eigenvalue weighted by atomic mass is 10.2. The summed E-state index contributed by atoms with van der Waals surface area (Å²) in [4.78, 5) is 51.2. The van der Waals surface area contributed by atoms with Crippen LogP contribution in [0.15, 0.2) is 29.4 Å². The van der Waals surface area contributed by atoms with Gasteiger partial charge in [-0.05, 0) is 37.6 Å². The van der Waals surface area contributed by atoms with Crippen molar-refractivity contribution in [2.45, 2.75) is 26.2 Å². The van der Waals surface area contributed by atoms with Crippen LogP contribution in [-0.2, 0) is 19.2 Å². The summed E-state index contributed by atoms with van der Waals surface area (Å²) in [7, 11) is 3.10. The van der Waals surface area contributed by atoms with E-state index in [1.54, 1.807) is 50.2 Å². The molecule has 5 N–H and O–H groups in total. The normalized spacial score (nSPS) is 13.0. The average molecular weight is 450 g/mol. The van der Waals surface area contributed by atoms with Crippen molar-refractivity contribution in [3.8, 4) is 0 Å². The fourth-order valence-corrected chi connectivity index (χ4v) is 2.48. The first kappa shape index (κ1) is 26.2. The van der Waals surface area contributed by atoms with E-state index in [0.29, 0.717) is 18.6 Å². The van der Waals surface area contributed by atoms with Gasteiger partial charge in [0.05, 0.1) is 13.0 Å². The highest BCUT2D eigenvalue weighted by Gasteiger charge is 2.21. The fourth-order valence-electron chi connectivity index (χ4n) is 2.48. The van der Waals surface area contributed by atoms with Gasteiger partial charge < -0.3 is 31.3 Å². The van der Waals surface area contributed by atoms with Crippen LogP contribution in [0.4, 0.5) is 15.3 Å². The Hall–Kier alpha value is -3.83. The number of oxime groups is 1. The molecule has 1 aromatic rings. The molecule has 1 aromatic carbocycles. The van der Waals surface area contributed by atoms with Gasteiger partial charge in [0.15, 0.2) is 5.84 Å². The number of benzene rings is 1. The summed E-state index contributed by atoms with van der Waals surface area (Å²) in [6, 6.07) is 6.45. The highest BCUT2D eigenvalue weighted by Crippen LogP contribution is 2.21. The summed E-state index contributed by atoms with van der Waals surface area (Å²) < 4.78 is 4.59. The van der Waals surface area contributed by atoms with E-state index in [1.165, 1.54) is 4.90 Å². The van der Waals surface area contributed by atoms with Crippen molar-refractivity contribution in [3.63, 3.8) is 0 Å². The Bertz CT molecular complexity index is 824. The number of carbonyl (C=O) groups is 4. The van der Waals surface area contributed by atoms with Crippen molar-refractivity contribution in [1.29, 1.82) is 0 Å². The Balaban J connectivity index is 0.000000396. The summed E-state index contributed by atoms with van der Waals surface area (Å²) >= 11 is 0. The van der Waals surface area contributed by atoms with Crippen molar-refractivity contribution in [2.75, 3.05) is 38.7 Å². The number of nitrogens with zero attached hydrogens (tertiary/aromatic N) is 3. The maximum atomic E-state index is 11.7. The third-order valence-corrected chi connectivity index (χ3v) is 4.07. The molecule has 1 saturated heterocycles. The maximum Gasteiger partial charge on any atom is 0.435 e. The second kappa shape index (κ2) is 13.5. The van der Waals surface area contributed by atoms with Crippen LogP contribution < -0.4 is 21.7 Å². The molecule has 32 heavy (non-hydrogen) atoms. The van der Waals surface area contributed by atoms with Crippen LogP contribution >= 0.6 is 0 Å². The lowest BCUT2D eigenvalue weighted by Crippen LogP contribution is -2.31. The molecule has 1 fully saturated rings. The first-order valence-corrected chi connectivity index (χ1v) is 9.97. The standard InChI is InChI=1S/C14H18N4O3.C6H12N2O3/c1-17(2)14(20)21-16-13(15)10-5-7-11(8-6-10)18-9-3-4-12(18)19;1-2-11-5(9)3-4-8-6(7)10/h5-8H,3-4,9H2,1-2H3,(H2,15,16);2-4H2,1H3,(H3,7,8,10). The van der Waals surface area contributed by atoms with Gasteiger partial charge in [-0.15, -0.1) is 0 Å². The van der Waals surface area contributed by atoms with Crippen molar-refractivity contribution >= 4 is 35.5 Å². The van der Waals surface area contributed by atoms with Crippen LogP contribution in [0, 0.1) is 0 Å². The summed E-state index contributed by atoms with van der Waals surface area (Å²) in [5, 5.41) is 5.85. The lowest BCUT2D eigenvalue weighted by Gasteiger charge is -2.15. The highest BCUT2D eigenvalue weighted by molar-refractivity contribution is 5.99. The van der Waals surface area contributed by atoms with Crippen LogP contribution in [-0.4, -0.2) is 68.5 Å². The fraction of sp³-hybridized carbons (Fsp3) is 0.450. The number of urea groups is 1. The molecule has 0 atom stereocenters. The van der Waals surface area contributed by atoms with Crippen molar-refractivity contribution in [2.24, 2.45) is 16.6 Å².